The number of hydrogen-bond donors (Lipinski definition) is 2. The number of nitrogens with one attached hydrogen (secondary N) is 2. The van der Waals surface area contributed by atoms with E-state index in [1.54, 1.807) is 14.2 Å². The normalized spacial score (nSPS) is 12.0. The topological polar surface area (TPSA) is 63.4 Å². The average Bonchev–Trinajstić information content (AvgIpc) is 3.15. The first-order valence-electron chi connectivity index (χ1n) is 9.72. The van der Waals surface area contributed by atoms with Crippen molar-refractivity contribution >= 4 is 16.8 Å². The molecule has 1 amide bonds. The van der Waals surface area contributed by atoms with E-state index >= 15 is 0 Å². The van der Waals surface area contributed by atoms with Crippen LogP contribution in [0.25, 0.3) is 10.9 Å². The van der Waals surface area contributed by atoms with Crippen LogP contribution >= 0.6 is 0 Å². The van der Waals surface area contributed by atoms with Gasteiger partial charge in [-0.2, -0.15) is 0 Å². The summed E-state index contributed by atoms with van der Waals surface area (Å²) in [7, 11) is 3.25. The average molecular weight is 380 g/mol. The number of hydrogen-bond acceptors (Lipinski definition) is 3. The lowest BCUT2D eigenvalue weighted by Crippen LogP contribution is -2.26. The van der Waals surface area contributed by atoms with Crippen molar-refractivity contribution in [2.24, 2.45) is 0 Å². The molecular formula is C23H28N2O3. The Hall–Kier alpha value is -2.95. The fourth-order valence-corrected chi connectivity index (χ4v) is 3.52. The third kappa shape index (κ3) is 4.30. The van der Waals surface area contributed by atoms with E-state index in [1.165, 1.54) is 0 Å². The predicted molar refractivity (Wildman–Crippen MR) is 112 cm³/mol. The number of carbonyl (C=O) groups excluding carboxylic acids is 1. The lowest BCUT2D eigenvalue weighted by Gasteiger charge is -2.19. The number of fused-ring (bicyclic) bond motifs is 1. The predicted octanol–water partition coefficient (Wildman–Crippen LogP) is 4.62. The van der Waals surface area contributed by atoms with Gasteiger partial charge in [-0.15, -0.1) is 0 Å². The molecule has 2 aromatic carbocycles. The van der Waals surface area contributed by atoms with Gasteiger partial charge < -0.3 is 19.8 Å². The van der Waals surface area contributed by atoms with E-state index in [-0.39, 0.29) is 11.8 Å². The minimum atomic E-state index is -0.0856. The van der Waals surface area contributed by atoms with Gasteiger partial charge in [0, 0.05) is 36.0 Å². The third-order valence-corrected chi connectivity index (χ3v) is 5.05. The molecule has 148 valence electrons. The van der Waals surface area contributed by atoms with Crippen LogP contribution in [0.2, 0.25) is 0 Å². The highest BCUT2D eigenvalue weighted by molar-refractivity contribution is 5.86. The molecule has 0 saturated heterocycles. The second-order valence-electron chi connectivity index (χ2n) is 6.86. The van der Waals surface area contributed by atoms with Crippen LogP contribution in [-0.2, 0) is 4.79 Å². The molecule has 1 aromatic heterocycles. The second kappa shape index (κ2) is 9.31. The highest BCUT2D eigenvalue weighted by Gasteiger charge is 2.22. The van der Waals surface area contributed by atoms with Gasteiger partial charge in [0.25, 0.3) is 0 Å². The van der Waals surface area contributed by atoms with E-state index in [9.17, 15) is 4.79 Å². The van der Waals surface area contributed by atoms with Crippen molar-refractivity contribution in [1.29, 1.82) is 0 Å². The first-order chi connectivity index (χ1) is 13.7. The number of aromatic amines is 1. The molecule has 0 radical (unpaired) electrons. The van der Waals surface area contributed by atoms with Gasteiger partial charge in [-0.1, -0.05) is 37.6 Å². The number of rotatable bonds is 9. The number of H-pyrrole nitrogens is 1. The molecule has 3 rings (SSSR count). The molecule has 0 aliphatic rings. The van der Waals surface area contributed by atoms with Crippen molar-refractivity contribution in [2.75, 3.05) is 20.8 Å². The van der Waals surface area contributed by atoms with E-state index in [4.69, 9.17) is 9.47 Å². The van der Waals surface area contributed by atoms with Gasteiger partial charge in [0.15, 0.2) is 11.5 Å². The lowest BCUT2D eigenvalue weighted by molar-refractivity contribution is -0.121. The summed E-state index contributed by atoms with van der Waals surface area (Å²) in [6, 6.07) is 14.0. The second-order valence-corrected chi connectivity index (χ2v) is 6.86. The Morgan fingerprint density at radius 3 is 2.64 bits per heavy atom. The minimum absolute atomic E-state index is 0.0542. The molecule has 0 bridgehead atoms. The Morgan fingerprint density at radius 1 is 1.11 bits per heavy atom. The Bertz CT molecular complexity index is 932. The number of aromatic nitrogens is 1. The summed E-state index contributed by atoms with van der Waals surface area (Å²) in [6.45, 7) is 2.83. The number of amides is 1. The summed E-state index contributed by atoms with van der Waals surface area (Å²) >= 11 is 0. The summed E-state index contributed by atoms with van der Waals surface area (Å²) in [6.07, 6.45) is 4.42. The lowest BCUT2D eigenvalue weighted by atomic mass is 9.87. The van der Waals surface area contributed by atoms with Crippen LogP contribution in [0, 0.1) is 0 Å². The number of carbonyl (C=O) groups is 1. The molecule has 5 heteroatoms. The van der Waals surface area contributed by atoms with Gasteiger partial charge in [-0.05, 0) is 35.7 Å². The zero-order valence-electron chi connectivity index (χ0n) is 16.7. The summed E-state index contributed by atoms with van der Waals surface area (Å²) < 4.78 is 10.9. The molecule has 3 aromatic rings. The van der Waals surface area contributed by atoms with Crippen LogP contribution < -0.4 is 14.8 Å². The molecule has 0 fully saturated rings. The molecule has 1 unspecified atom stereocenters. The standard InChI is InChI=1S/C23H28N2O3/c1-4-5-12-24-23(26)14-18(16-10-11-21(27-2)22(13-16)28-3)19-15-25-20-9-7-6-8-17(19)20/h6-11,13,15,18,25H,4-5,12,14H2,1-3H3,(H,24,26). The van der Waals surface area contributed by atoms with Crippen molar-refractivity contribution < 1.29 is 14.3 Å². The van der Waals surface area contributed by atoms with Gasteiger partial charge in [-0.3, -0.25) is 4.79 Å². The van der Waals surface area contributed by atoms with Crippen LogP contribution in [0.4, 0.5) is 0 Å². The molecule has 1 heterocycles. The maximum Gasteiger partial charge on any atom is 0.220 e. The van der Waals surface area contributed by atoms with Crippen molar-refractivity contribution in [3.63, 3.8) is 0 Å². The molecule has 0 aliphatic heterocycles. The Labute approximate surface area is 166 Å². The van der Waals surface area contributed by atoms with Crippen molar-refractivity contribution in [3.8, 4) is 11.5 Å². The fourth-order valence-electron chi connectivity index (χ4n) is 3.52. The summed E-state index contributed by atoms with van der Waals surface area (Å²) in [5.74, 6) is 1.31. The molecule has 1 atom stereocenters. The zero-order chi connectivity index (χ0) is 19.9. The number of methoxy groups -OCH3 is 2. The molecule has 0 saturated carbocycles. The van der Waals surface area contributed by atoms with Gasteiger partial charge in [-0.25, -0.2) is 0 Å². The number of unbranched alkanes of at least 4 members (excludes halogenated alkanes) is 1. The quantitative estimate of drug-likeness (QED) is 0.532. The van der Waals surface area contributed by atoms with Crippen LogP contribution in [0.1, 0.15) is 43.2 Å². The van der Waals surface area contributed by atoms with E-state index in [0.717, 1.165) is 34.9 Å². The van der Waals surface area contributed by atoms with Gasteiger partial charge in [0.2, 0.25) is 5.91 Å². The summed E-state index contributed by atoms with van der Waals surface area (Å²) in [4.78, 5) is 16.0. The van der Waals surface area contributed by atoms with Crippen LogP contribution in [0.15, 0.2) is 48.7 Å². The van der Waals surface area contributed by atoms with E-state index < -0.39 is 0 Å². The SMILES string of the molecule is CCCCNC(=O)CC(c1ccc(OC)c(OC)c1)c1c[nH]c2ccccc12. The van der Waals surface area contributed by atoms with Gasteiger partial charge >= 0.3 is 0 Å². The maximum atomic E-state index is 12.6. The molecule has 28 heavy (non-hydrogen) atoms. The van der Waals surface area contributed by atoms with Gasteiger partial charge in [0.05, 0.1) is 14.2 Å². The maximum absolute atomic E-state index is 12.6. The smallest absolute Gasteiger partial charge is 0.220 e. The van der Waals surface area contributed by atoms with Crippen LogP contribution in [-0.4, -0.2) is 31.7 Å². The molecule has 0 spiro atoms. The number of ether oxygens (including phenoxy) is 2. The Balaban J connectivity index is 1.98. The number of benzene rings is 2. The fraction of sp³-hybridized carbons (Fsp3) is 0.348. The van der Waals surface area contributed by atoms with Crippen molar-refractivity contribution in [1.82, 2.24) is 10.3 Å². The molecule has 0 aliphatic carbocycles. The highest BCUT2D eigenvalue weighted by Crippen LogP contribution is 2.37. The monoisotopic (exact) mass is 380 g/mol. The summed E-state index contributed by atoms with van der Waals surface area (Å²) in [5, 5.41) is 4.17. The minimum Gasteiger partial charge on any atom is -0.493 e. The zero-order valence-corrected chi connectivity index (χ0v) is 16.7. The van der Waals surface area contributed by atoms with E-state index in [0.29, 0.717) is 24.5 Å². The van der Waals surface area contributed by atoms with Gasteiger partial charge in [0.1, 0.15) is 0 Å². The summed E-state index contributed by atoms with van der Waals surface area (Å²) in [5.41, 5.74) is 3.19. The Kier molecular flexibility index (Phi) is 6.58. The van der Waals surface area contributed by atoms with Crippen LogP contribution in [0.5, 0.6) is 11.5 Å². The highest BCUT2D eigenvalue weighted by atomic mass is 16.5. The van der Waals surface area contributed by atoms with E-state index in [2.05, 4.69) is 23.3 Å². The molecular weight excluding hydrogens is 352 g/mol. The Morgan fingerprint density at radius 2 is 1.89 bits per heavy atom. The first kappa shape index (κ1) is 19.8. The van der Waals surface area contributed by atoms with Crippen molar-refractivity contribution in [2.45, 2.75) is 32.1 Å². The van der Waals surface area contributed by atoms with Crippen molar-refractivity contribution in [3.05, 3.63) is 59.8 Å². The van der Waals surface area contributed by atoms with E-state index in [1.807, 2.05) is 42.6 Å². The number of para-hydroxylation sites is 1. The first-order valence-corrected chi connectivity index (χ1v) is 9.72. The largest absolute Gasteiger partial charge is 0.493 e. The molecule has 5 nitrogen and oxygen atoms in total. The molecule has 2 N–H and O–H groups in total. The third-order valence-electron chi connectivity index (χ3n) is 5.05. The van der Waals surface area contributed by atoms with Crippen LogP contribution in [0.3, 0.4) is 0 Å².